The zero-order valence-electron chi connectivity index (χ0n) is 13.8. The normalized spacial score (nSPS) is 11.3. The van der Waals surface area contributed by atoms with Gasteiger partial charge in [-0.3, -0.25) is 30.2 Å². The highest BCUT2D eigenvalue weighted by Gasteiger charge is 2.04. The van der Waals surface area contributed by atoms with E-state index in [0.29, 0.717) is 22.9 Å². The molecule has 0 radical (unpaired) electrons. The Kier molecular flexibility index (Phi) is 5.12. The number of hydrogen-bond donors (Lipinski definition) is 0. The molecule has 0 unspecified atom stereocenters. The molecule has 0 N–H and O–H groups in total. The Bertz CT molecular complexity index is 939. The lowest BCUT2D eigenvalue weighted by molar-refractivity contribution is -0.385. The molecule has 0 aliphatic carbocycles. The maximum absolute atomic E-state index is 10.6. The summed E-state index contributed by atoms with van der Waals surface area (Å²) in [5, 5.41) is 21.2. The number of nitrogens with zero attached hydrogens (tertiary/aromatic N) is 4. The third kappa shape index (κ3) is 4.69. The van der Waals surface area contributed by atoms with Crippen molar-refractivity contribution in [2.24, 2.45) is 9.98 Å². The number of hydrogen-bond acceptors (Lipinski definition) is 7. The van der Waals surface area contributed by atoms with Crippen molar-refractivity contribution in [1.29, 1.82) is 0 Å². The van der Waals surface area contributed by atoms with Gasteiger partial charge in [0.25, 0.3) is 11.4 Å². The van der Waals surface area contributed by atoms with Crippen LogP contribution in [-0.4, -0.2) is 22.3 Å². The summed E-state index contributed by atoms with van der Waals surface area (Å²) in [4.78, 5) is 28.6. The fourth-order valence-electron chi connectivity index (χ4n) is 2.10. The van der Waals surface area contributed by atoms with Gasteiger partial charge in [-0.2, -0.15) is 0 Å². The van der Waals surface area contributed by atoms with Crippen LogP contribution >= 0.6 is 0 Å². The number of nitro benzene ring substituents is 2. The van der Waals surface area contributed by atoms with Gasteiger partial charge in [0, 0.05) is 24.3 Å². The molecular weight excluding hydrogens is 352 g/mol. The van der Waals surface area contributed by atoms with E-state index in [9.17, 15) is 20.2 Å². The van der Waals surface area contributed by atoms with Crippen LogP contribution in [0.25, 0.3) is 0 Å². The summed E-state index contributed by atoms with van der Waals surface area (Å²) in [6.07, 6.45) is 2.98. The van der Waals surface area contributed by atoms with Gasteiger partial charge in [-0.1, -0.05) is 0 Å². The van der Waals surface area contributed by atoms with Crippen molar-refractivity contribution in [2.75, 3.05) is 0 Å². The number of non-ortho nitro benzene ring substituents is 2. The average Bonchev–Trinajstić information content (AvgIpc) is 3.13. The van der Waals surface area contributed by atoms with Crippen LogP contribution in [0.3, 0.4) is 0 Å². The van der Waals surface area contributed by atoms with Gasteiger partial charge in [-0.15, -0.1) is 0 Å². The minimum Gasteiger partial charge on any atom is -0.454 e. The lowest BCUT2D eigenvalue weighted by Gasteiger charge is -1.93. The van der Waals surface area contributed by atoms with Gasteiger partial charge in [0.2, 0.25) is 0 Å². The SMILES string of the molecule is O=[N+]([O-])c1ccc(N=Cc2ccc(C=Nc3ccc([N+](=O)[O-])cc3)o2)cc1. The molecule has 0 bridgehead atoms. The molecule has 9 nitrogen and oxygen atoms in total. The van der Waals surface area contributed by atoms with Crippen LogP contribution in [0.15, 0.2) is 75.1 Å². The number of aliphatic imine (C=N–C) groups is 2. The zero-order valence-corrected chi connectivity index (χ0v) is 13.8. The molecule has 2 aromatic carbocycles. The summed E-state index contributed by atoms with van der Waals surface area (Å²) in [6.45, 7) is 0. The Labute approximate surface area is 152 Å². The molecule has 0 saturated heterocycles. The summed E-state index contributed by atoms with van der Waals surface area (Å²) in [6, 6.07) is 15.0. The largest absolute Gasteiger partial charge is 0.454 e. The first-order valence-corrected chi connectivity index (χ1v) is 7.68. The van der Waals surface area contributed by atoms with Crippen LogP contribution in [0, 0.1) is 20.2 Å². The van der Waals surface area contributed by atoms with Crippen molar-refractivity contribution >= 4 is 35.2 Å². The molecule has 0 fully saturated rings. The lowest BCUT2D eigenvalue weighted by Crippen LogP contribution is -1.85. The number of nitro groups is 2. The Morgan fingerprint density at radius 1 is 0.667 bits per heavy atom. The van der Waals surface area contributed by atoms with Gasteiger partial charge in [0.15, 0.2) is 0 Å². The summed E-state index contributed by atoms with van der Waals surface area (Å²) in [5.74, 6) is 0.969. The van der Waals surface area contributed by atoms with Crippen molar-refractivity contribution in [1.82, 2.24) is 0 Å². The second-order valence-electron chi connectivity index (χ2n) is 5.30. The predicted octanol–water partition coefficient (Wildman–Crippen LogP) is 4.60. The minimum absolute atomic E-state index is 0.00306. The molecule has 9 heteroatoms. The summed E-state index contributed by atoms with van der Waals surface area (Å²) in [7, 11) is 0. The molecule has 3 rings (SSSR count). The third-order valence-electron chi connectivity index (χ3n) is 3.45. The van der Waals surface area contributed by atoms with Crippen molar-refractivity contribution < 1.29 is 14.3 Å². The fourth-order valence-corrected chi connectivity index (χ4v) is 2.10. The average molecular weight is 364 g/mol. The molecule has 3 aromatic rings. The van der Waals surface area contributed by atoms with Crippen LogP contribution in [0.5, 0.6) is 0 Å². The quantitative estimate of drug-likeness (QED) is 0.359. The van der Waals surface area contributed by atoms with E-state index in [-0.39, 0.29) is 11.4 Å². The van der Waals surface area contributed by atoms with Crippen molar-refractivity contribution in [2.45, 2.75) is 0 Å². The van der Waals surface area contributed by atoms with E-state index in [1.807, 2.05) is 0 Å². The van der Waals surface area contributed by atoms with E-state index in [1.165, 1.54) is 61.0 Å². The van der Waals surface area contributed by atoms with Gasteiger partial charge in [-0.05, 0) is 36.4 Å². The van der Waals surface area contributed by atoms with Crippen molar-refractivity contribution in [3.05, 3.63) is 92.4 Å². The maximum Gasteiger partial charge on any atom is 0.269 e. The van der Waals surface area contributed by atoms with Gasteiger partial charge in [0.1, 0.15) is 11.5 Å². The molecule has 0 amide bonds. The van der Waals surface area contributed by atoms with Crippen LogP contribution < -0.4 is 0 Å². The first kappa shape index (κ1) is 17.7. The van der Waals surface area contributed by atoms with Gasteiger partial charge in [-0.25, -0.2) is 0 Å². The molecule has 134 valence electrons. The second kappa shape index (κ2) is 7.83. The molecule has 0 spiro atoms. The Hall–Kier alpha value is -4.14. The summed E-state index contributed by atoms with van der Waals surface area (Å²) in [5.41, 5.74) is 1.10. The second-order valence-corrected chi connectivity index (χ2v) is 5.30. The standard InChI is InChI=1S/C18H12N4O5/c23-21(24)15-5-1-13(2-6-15)19-11-17-9-10-18(27-17)12-20-14-3-7-16(8-4-14)22(25)26/h1-12H. The Morgan fingerprint density at radius 2 is 1.04 bits per heavy atom. The first-order chi connectivity index (χ1) is 13.0. The predicted molar refractivity (Wildman–Crippen MR) is 99.4 cm³/mol. The van der Waals surface area contributed by atoms with E-state index in [0.717, 1.165) is 0 Å². The smallest absolute Gasteiger partial charge is 0.269 e. The van der Waals surface area contributed by atoms with E-state index in [4.69, 9.17) is 4.42 Å². The van der Waals surface area contributed by atoms with Crippen LogP contribution in [-0.2, 0) is 0 Å². The summed E-state index contributed by atoms with van der Waals surface area (Å²) >= 11 is 0. The Balaban J connectivity index is 1.65. The molecule has 0 atom stereocenters. The maximum atomic E-state index is 10.6. The van der Waals surface area contributed by atoms with Crippen LogP contribution in [0.2, 0.25) is 0 Å². The molecule has 27 heavy (non-hydrogen) atoms. The van der Waals surface area contributed by atoms with Gasteiger partial charge in [0.05, 0.1) is 33.7 Å². The molecule has 0 aliphatic rings. The van der Waals surface area contributed by atoms with E-state index in [1.54, 1.807) is 12.1 Å². The lowest BCUT2D eigenvalue weighted by atomic mass is 10.3. The monoisotopic (exact) mass is 364 g/mol. The molecular formula is C18H12N4O5. The highest BCUT2D eigenvalue weighted by atomic mass is 16.6. The van der Waals surface area contributed by atoms with E-state index < -0.39 is 9.85 Å². The Morgan fingerprint density at radius 3 is 1.37 bits per heavy atom. The fraction of sp³-hybridized carbons (Fsp3) is 0. The minimum atomic E-state index is -0.476. The number of rotatable bonds is 6. The van der Waals surface area contributed by atoms with Crippen molar-refractivity contribution in [3.63, 3.8) is 0 Å². The molecule has 1 heterocycles. The van der Waals surface area contributed by atoms with Gasteiger partial charge < -0.3 is 4.42 Å². The van der Waals surface area contributed by atoms with E-state index in [2.05, 4.69) is 9.98 Å². The third-order valence-corrected chi connectivity index (χ3v) is 3.45. The molecule has 0 aliphatic heterocycles. The zero-order chi connectivity index (χ0) is 19.2. The van der Waals surface area contributed by atoms with Crippen LogP contribution in [0.4, 0.5) is 22.7 Å². The molecule has 1 aromatic heterocycles. The first-order valence-electron chi connectivity index (χ1n) is 7.68. The summed E-state index contributed by atoms with van der Waals surface area (Å²) < 4.78 is 5.54. The topological polar surface area (TPSA) is 124 Å². The highest BCUT2D eigenvalue weighted by Crippen LogP contribution is 2.19. The van der Waals surface area contributed by atoms with Gasteiger partial charge >= 0.3 is 0 Å². The van der Waals surface area contributed by atoms with E-state index >= 15 is 0 Å². The number of furan rings is 1. The highest BCUT2D eigenvalue weighted by molar-refractivity contribution is 5.83. The van der Waals surface area contributed by atoms with Crippen LogP contribution in [0.1, 0.15) is 11.5 Å². The molecule has 0 saturated carbocycles. The number of benzene rings is 2. The van der Waals surface area contributed by atoms with Crippen molar-refractivity contribution in [3.8, 4) is 0 Å².